The fourth-order valence-electron chi connectivity index (χ4n) is 1.28. The molecule has 0 nitrogen and oxygen atoms in total. The number of rotatable bonds is 3. The van der Waals surface area contributed by atoms with Gasteiger partial charge < -0.3 is 0 Å². The third-order valence-corrected chi connectivity index (χ3v) is 3.48. The summed E-state index contributed by atoms with van der Waals surface area (Å²) in [6.07, 6.45) is 0. The van der Waals surface area contributed by atoms with E-state index < -0.39 is 7.38 Å². The van der Waals surface area contributed by atoms with E-state index in [2.05, 4.69) is 31.8 Å². The fourth-order valence-corrected chi connectivity index (χ4v) is 2.99. The molecule has 0 saturated carbocycles. The molecule has 0 atom stereocenters. The van der Waals surface area contributed by atoms with Gasteiger partial charge in [-0.25, -0.2) is 0 Å². The van der Waals surface area contributed by atoms with Crippen LogP contribution in [0.2, 0.25) is 19.1 Å². The van der Waals surface area contributed by atoms with Gasteiger partial charge in [0.05, 0.1) is 0 Å². The molecule has 2 heteroatoms. The highest BCUT2D eigenvalue weighted by Crippen LogP contribution is 2.25. The van der Waals surface area contributed by atoms with Gasteiger partial charge >= 0.3 is 0 Å². The van der Waals surface area contributed by atoms with Crippen LogP contribution >= 0.6 is 11.1 Å². The van der Waals surface area contributed by atoms with Crippen LogP contribution in [0.4, 0.5) is 0 Å². The smallest absolute Gasteiger partial charge is 0.154 e. The van der Waals surface area contributed by atoms with Gasteiger partial charge in [0.1, 0.15) is 0 Å². The lowest BCUT2D eigenvalue weighted by atomic mass is 10.1. The fraction of sp³-hybridized carbons (Fsp3) is 0.273. The van der Waals surface area contributed by atoms with Gasteiger partial charge in [-0.2, -0.15) is 11.1 Å². The van der Waals surface area contributed by atoms with E-state index in [0.717, 1.165) is 11.6 Å². The number of hydrogen-bond donors (Lipinski definition) is 0. The van der Waals surface area contributed by atoms with Crippen molar-refractivity contribution in [2.45, 2.75) is 19.1 Å². The number of benzene rings is 1. The van der Waals surface area contributed by atoms with Gasteiger partial charge in [-0.1, -0.05) is 50.0 Å². The van der Waals surface area contributed by atoms with Crippen LogP contribution in [0.1, 0.15) is 5.56 Å². The molecule has 0 saturated heterocycles. The minimum Gasteiger partial charge on any atom is -0.167 e. The highest BCUT2D eigenvalue weighted by molar-refractivity contribution is 7.19. The average Bonchev–Trinajstić information content (AvgIpc) is 2.03. The lowest BCUT2D eigenvalue weighted by Gasteiger charge is -2.14. The monoisotopic (exact) mass is 210 g/mol. The van der Waals surface area contributed by atoms with Crippen molar-refractivity contribution in [2.75, 3.05) is 0 Å². The summed E-state index contributed by atoms with van der Waals surface area (Å²) in [5.41, 5.74) is 2.37. The minimum atomic E-state index is -1.53. The third kappa shape index (κ3) is 3.79. The van der Waals surface area contributed by atoms with Crippen LogP contribution in [0.5, 0.6) is 0 Å². The lowest BCUT2D eigenvalue weighted by Crippen LogP contribution is -2.15. The molecule has 0 heterocycles. The summed E-state index contributed by atoms with van der Waals surface area (Å²) in [6, 6.07) is 11.2. The Labute approximate surface area is 86.0 Å². The van der Waals surface area contributed by atoms with E-state index >= 15 is 0 Å². The molecule has 0 unspecified atom stereocenters. The van der Waals surface area contributed by atoms with Crippen LogP contribution in [0.25, 0.3) is 5.57 Å². The Hall–Kier alpha value is -0.533. The Bertz CT molecular complexity index is 285. The van der Waals surface area contributed by atoms with Gasteiger partial charge in [0.2, 0.25) is 0 Å². The molecule has 0 aliphatic carbocycles. The first-order valence-corrected chi connectivity index (χ1v) is 8.63. The molecular weight excluding hydrogens is 196 g/mol. The van der Waals surface area contributed by atoms with Gasteiger partial charge in [-0.3, -0.25) is 0 Å². The van der Waals surface area contributed by atoms with Crippen molar-refractivity contribution in [3.8, 4) is 0 Å². The molecule has 1 aromatic carbocycles. The quantitative estimate of drug-likeness (QED) is 0.520. The Kier molecular flexibility index (Phi) is 3.34. The molecule has 0 fully saturated rings. The van der Waals surface area contributed by atoms with E-state index in [4.69, 9.17) is 11.1 Å². The largest absolute Gasteiger partial charge is 0.167 e. The topological polar surface area (TPSA) is 0 Å². The normalized spacial score (nSPS) is 11.3. The highest BCUT2D eigenvalue weighted by Gasteiger charge is 2.18. The van der Waals surface area contributed by atoms with Crippen molar-refractivity contribution < 1.29 is 0 Å². The van der Waals surface area contributed by atoms with E-state index in [-0.39, 0.29) is 0 Å². The molecule has 0 aliphatic heterocycles. The Balaban J connectivity index is 2.71. The van der Waals surface area contributed by atoms with Crippen LogP contribution in [0.3, 0.4) is 0 Å². The maximum absolute atomic E-state index is 6.26. The molecule has 0 aliphatic rings. The van der Waals surface area contributed by atoms with E-state index in [1.54, 1.807) is 0 Å². The average molecular weight is 211 g/mol. The van der Waals surface area contributed by atoms with Gasteiger partial charge in [-0.05, 0) is 17.2 Å². The zero-order valence-corrected chi connectivity index (χ0v) is 9.93. The number of halogens is 1. The van der Waals surface area contributed by atoms with E-state index in [9.17, 15) is 0 Å². The summed E-state index contributed by atoms with van der Waals surface area (Å²) in [5, 5.41) is 0. The second-order valence-corrected chi connectivity index (χ2v) is 10.7. The van der Waals surface area contributed by atoms with Crippen molar-refractivity contribution in [1.82, 2.24) is 0 Å². The molecule has 0 N–H and O–H groups in total. The van der Waals surface area contributed by atoms with E-state index in [1.165, 1.54) is 5.56 Å². The highest BCUT2D eigenvalue weighted by atomic mass is 35.6. The first kappa shape index (κ1) is 10.5. The predicted octanol–water partition coefficient (Wildman–Crippen LogP) is 4.14. The molecule has 1 rings (SSSR count). The standard InChI is InChI=1S/C11H15ClSi/c1-10(9-13(2,3)12)11-7-5-4-6-8-11/h4-8H,1,9H2,2-3H3. The van der Waals surface area contributed by atoms with Crippen molar-refractivity contribution in [3.05, 3.63) is 42.5 Å². The Morgan fingerprint density at radius 1 is 1.31 bits per heavy atom. The molecule has 0 amide bonds. The Morgan fingerprint density at radius 2 is 1.85 bits per heavy atom. The van der Waals surface area contributed by atoms with Crippen LogP contribution in [0, 0.1) is 0 Å². The molecule has 0 spiro atoms. The summed E-state index contributed by atoms with van der Waals surface area (Å²) in [4.78, 5) is 0. The van der Waals surface area contributed by atoms with E-state index in [0.29, 0.717) is 0 Å². The number of allylic oxidation sites excluding steroid dienone is 1. The van der Waals surface area contributed by atoms with Gasteiger partial charge in [0.25, 0.3) is 0 Å². The maximum atomic E-state index is 6.26. The van der Waals surface area contributed by atoms with Gasteiger partial charge in [0, 0.05) is 0 Å². The first-order valence-electron chi connectivity index (χ1n) is 4.41. The summed E-state index contributed by atoms with van der Waals surface area (Å²) in [5.74, 6) is 0. The van der Waals surface area contributed by atoms with E-state index in [1.807, 2.05) is 18.2 Å². The van der Waals surface area contributed by atoms with Gasteiger partial charge in [0.15, 0.2) is 7.38 Å². The summed E-state index contributed by atoms with van der Waals surface area (Å²) >= 11 is 6.26. The van der Waals surface area contributed by atoms with Crippen molar-refractivity contribution >= 4 is 24.0 Å². The van der Waals surface area contributed by atoms with Crippen LogP contribution in [0.15, 0.2) is 36.9 Å². The summed E-state index contributed by atoms with van der Waals surface area (Å²) < 4.78 is 0. The molecule has 0 bridgehead atoms. The van der Waals surface area contributed by atoms with Crippen LogP contribution in [-0.2, 0) is 0 Å². The zero-order chi connectivity index (χ0) is 9.90. The van der Waals surface area contributed by atoms with Crippen LogP contribution in [-0.4, -0.2) is 7.38 Å². The number of hydrogen-bond acceptors (Lipinski definition) is 0. The van der Waals surface area contributed by atoms with Crippen LogP contribution < -0.4 is 0 Å². The summed E-state index contributed by atoms with van der Waals surface area (Å²) in [7, 11) is -1.53. The zero-order valence-electron chi connectivity index (χ0n) is 8.18. The summed E-state index contributed by atoms with van der Waals surface area (Å²) in [6.45, 7) is 8.34. The second kappa shape index (κ2) is 4.12. The molecule has 1 aromatic rings. The predicted molar refractivity (Wildman–Crippen MR) is 63.6 cm³/mol. The molecule has 13 heavy (non-hydrogen) atoms. The van der Waals surface area contributed by atoms with Crippen molar-refractivity contribution in [2.24, 2.45) is 0 Å². The minimum absolute atomic E-state index is 0.957. The van der Waals surface area contributed by atoms with Gasteiger partial charge in [-0.15, -0.1) is 0 Å². The molecule has 70 valence electrons. The van der Waals surface area contributed by atoms with Crippen molar-refractivity contribution in [1.29, 1.82) is 0 Å². The first-order chi connectivity index (χ1) is 5.99. The SMILES string of the molecule is C=C(C[Si](C)(C)Cl)c1ccccc1. The molecule has 0 aromatic heterocycles. The molecule has 0 radical (unpaired) electrons. The van der Waals surface area contributed by atoms with Crippen molar-refractivity contribution in [3.63, 3.8) is 0 Å². The Morgan fingerprint density at radius 3 is 2.31 bits per heavy atom. The second-order valence-electron chi connectivity index (χ2n) is 3.87. The lowest BCUT2D eigenvalue weighted by molar-refractivity contribution is 1.53. The molecular formula is C11H15ClSi. The third-order valence-electron chi connectivity index (χ3n) is 1.82. The maximum Gasteiger partial charge on any atom is 0.154 e.